The number of benzene rings is 2. The molecule has 0 atom stereocenters. The molecule has 1 amide bonds. The third-order valence-electron chi connectivity index (χ3n) is 3.50. The molecule has 0 spiro atoms. The van der Waals surface area contributed by atoms with Crippen LogP contribution in [0, 0.1) is 0 Å². The molecule has 0 unspecified atom stereocenters. The van der Waals surface area contributed by atoms with Gasteiger partial charge in [0.25, 0.3) is 0 Å². The highest BCUT2D eigenvalue weighted by molar-refractivity contribution is 6.31. The number of carboxylic acids is 1. The number of anilines is 2. The van der Waals surface area contributed by atoms with Crippen LogP contribution in [0.3, 0.4) is 0 Å². The maximum atomic E-state index is 12.2. The van der Waals surface area contributed by atoms with Crippen LogP contribution in [0.15, 0.2) is 42.5 Å². The third-order valence-corrected chi connectivity index (χ3v) is 3.73. The molecular formula is C16H13ClN2O3. The molecule has 0 aliphatic carbocycles. The van der Waals surface area contributed by atoms with E-state index >= 15 is 0 Å². The average molecular weight is 317 g/mol. The van der Waals surface area contributed by atoms with Crippen LogP contribution in [0.2, 0.25) is 5.02 Å². The van der Waals surface area contributed by atoms with Gasteiger partial charge in [0.1, 0.15) is 0 Å². The van der Waals surface area contributed by atoms with E-state index in [9.17, 15) is 9.59 Å². The summed E-state index contributed by atoms with van der Waals surface area (Å²) < 4.78 is 0. The van der Waals surface area contributed by atoms with E-state index in [4.69, 9.17) is 16.7 Å². The fraction of sp³-hybridized carbons (Fsp3) is 0.125. The average Bonchev–Trinajstić information content (AvgIpc) is 2.50. The molecule has 1 heterocycles. The monoisotopic (exact) mass is 316 g/mol. The Morgan fingerprint density at radius 2 is 2.09 bits per heavy atom. The summed E-state index contributed by atoms with van der Waals surface area (Å²) in [7, 11) is 0. The van der Waals surface area contributed by atoms with Crippen molar-refractivity contribution in [1.29, 1.82) is 0 Å². The Kier molecular flexibility index (Phi) is 3.73. The number of amides is 1. The van der Waals surface area contributed by atoms with E-state index in [2.05, 4.69) is 5.32 Å². The number of nitrogens with zero attached hydrogens (tertiary/aromatic N) is 1. The molecule has 0 aromatic heterocycles. The van der Waals surface area contributed by atoms with Gasteiger partial charge in [-0.25, -0.2) is 4.79 Å². The first-order chi connectivity index (χ1) is 10.5. The van der Waals surface area contributed by atoms with Crippen molar-refractivity contribution in [2.24, 2.45) is 0 Å². The van der Waals surface area contributed by atoms with Crippen LogP contribution >= 0.6 is 11.6 Å². The molecule has 2 N–H and O–H groups in total. The maximum absolute atomic E-state index is 12.2. The highest BCUT2D eigenvalue weighted by atomic mass is 35.5. The van der Waals surface area contributed by atoms with Crippen molar-refractivity contribution in [3.8, 4) is 0 Å². The van der Waals surface area contributed by atoms with E-state index in [1.54, 1.807) is 41.3 Å². The molecular weight excluding hydrogens is 304 g/mol. The maximum Gasteiger partial charge on any atom is 0.335 e. The van der Waals surface area contributed by atoms with Gasteiger partial charge in [0.05, 0.1) is 30.0 Å². The zero-order valence-corrected chi connectivity index (χ0v) is 12.3. The number of carboxylic acid groups (broad SMARTS) is 1. The standard InChI is InChI=1S/C16H13ClN2O3/c17-12-4-5-14-13(7-12)18-8-15(20)19(14)9-10-2-1-3-11(6-10)16(21)22/h1-7,18H,8-9H2,(H,21,22). The minimum Gasteiger partial charge on any atom is -0.478 e. The van der Waals surface area contributed by atoms with Crippen LogP contribution < -0.4 is 10.2 Å². The van der Waals surface area contributed by atoms with Crippen molar-refractivity contribution in [3.05, 3.63) is 58.6 Å². The predicted molar refractivity (Wildman–Crippen MR) is 84.5 cm³/mol. The lowest BCUT2D eigenvalue weighted by Crippen LogP contribution is -2.39. The summed E-state index contributed by atoms with van der Waals surface area (Å²) in [6.45, 7) is 0.502. The number of halogens is 1. The Labute approximate surface area is 132 Å². The number of hydrogen-bond donors (Lipinski definition) is 2. The fourth-order valence-corrected chi connectivity index (χ4v) is 2.62. The van der Waals surface area contributed by atoms with Gasteiger partial charge in [-0.05, 0) is 35.9 Å². The first-order valence-corrected chi connectivity index (χ1v) is 7.08. The van der Waals surface area contributed by atoms with Gasteiger partial charge in [-0.3, -0.25) is 4.79 Å². The lowest BCUT2D eigenvalue weighted by atomic mass is 10.1. The molecule has 5 nitrogen and oxygen atoms in total. The Bertz CT molecular complexity index is 761. The van der Waals surface area contributed by atoms with Crippen LogP contribution in [0.5, 0.6) is 0 Å². The second-order valence-corrected chi connectivity index (χ2v) is 5.44. The van der Waals surface area contributed by atoms with E-state index in [1.807, 2.05) is 0 Å². The number of hydrogen-bond acceptors (Lipinski definition) is 3. The van der Waals surface area contributed by atoms with Crippen LogP contribution in [-0.2, 0) is 11.3 Å². The van der Waals surface area contributed by atoms with E-state index in [0.717, 1.165) is 16.9 Å². The minimum absolute atomic E-state index is 0.0736. The van der Waals surface area contributed by atoms with Crippen LogP contribution in [0.1, 0.15) is 15.9 Å². The Balaban J connectivity index is 1.93. The zero-order valence-electron chi connectivity index (χ0n) is 11.5. The molecule has 0 fully saturated rings. The Hall–Kier alpha value is -2.53. The molecule has 0 radical (unpaired) electrons. The number of carbonyl (C=O) groups is 2. The molecule has 112 valence electrons. The molecule has 1 aliphatic rings. The summed E-state index contributed by atoms with van der Waals surface area (Å²) in [5.74, 6) is -1.06. The predicted octanol–water partition coefficient (Wildman–Crippen LogP) is 3.00. The van der Waals surface area contributed by atoms with Crippen LogP contribution in [0.4, 0.5) is 11.4 Å². The highest BCUT2D eigenvalue weighted by Gasteiger charge is 2.24. The molecule has 0 saturated carbocycles. The number of aromatic carboxylic acids is 1. The summed E-state index contributed by atoms with van der Waals surface area (Å²) in [5.41, 5.74) is 2.50. The summed E-state index contributed by atoms with van der Waals surface area (Å²) in [5, 5.41) is 12.7. The summed E-state index contributed by atoms with van der Waals surface area (Å²) in [4.78, 5) is 24.8. The molecule has 3 rings (SSSR count). The van der Waals surface area contributed by atoms with Crippen molar-refractivity contribution in [3.63, 3.8) is 0 Å². The van der Waals surface area contributed by atoms with E-state index in [0.29, 0.717) is 11.6 Å². The third kappa shape index (κ3) is 2.76. The quantitative estimate of drug-likeness (QED) is 0.913. The van der Waals surface area contributed by atoms with Gasteiger partial charge in [-0.1, -0.05) is 23.7 Å². The number of nitrogens with one attached hydrogen (secondary N) is 1. The minimum atomic E-state index is -0.985. The van der Waals surface area contributed by atoms with E-state index < -0.39 is 5.97 Å². The van der Waals surface area contributed by atoms with Gasteiger partial charge in [0, 0.05) is 5.02 Å². The topological polar surface area (TPSA) is 69.6 Å². The largest absolute Gasteiger partial charge is 0.478 e. The van der Waals surface area contributed by atoms with Gasteiger partial charge in [-0.2, -0.15) is 0 Å². The lowest BCUT2D eigenvalue weighted by molar-refractivity contribution is -0.117. The molecule has 1 aliphatic heterocycles. The first kappa shape index (κ1) is 14.4. The molecule has 0 bridgehead atoms. The number of rotatable bonds is 3. The number of carbonyl (C=O) groups excluding carboxylic acids is 1. The molecule has 0 saturated heterocycles. The molecule has 2 aromatic carbocycles. The zero-order chi connectivity index (χ0) is 15.7. The first-order valence-electron chi connectivity index (χ1n) is 6.70. The molecule has 2 aromatic rings. The van der Waals surface area contributed by atoms with Gasteiger partial charge in [-0.15, -0.1) is 0 Å². The second-order valence-electron chi connectivity index (χ2n) is 5.00. The van der Waals surface area contributed by atoms with Gasteiger partial charge >= 0.3 is 5.97 Å². The summed E-state index contributed by atoms with van der Waals surface area (Å²) in [6.07, 6.45) is 0. The summed E-state index contributed by atoms with van der Waals surface area (Å²) >= 11 is 5.97. The van der Waals surface area contributed by atoms with Crippen molar-refractivity contribution >= 4 is 34.9 Å². The van der Waals surface area contributed by atoms with Gasteiger partial charge < -0.3 is 15.3 Å². The highest BCUT2D eigenvalue weighted by Crippen LogP contribution is 2.33. The van der Waals surface area contributed by atoms with Gasteiger partial charge in [0.15, 0.2) is 0 Å². The summed E-state index contributed by atoms with van der Waals surface area (Å²) in [6, 6.07) is 11.9. The molecule has 6 heteroatoms. The molecule has 22 heavy (non-hydrogen) atoms. The number of fused-ring (bicyclic) bond motifs is 1. The van der Waals surface area contributed by atoms with Gasteiger partial charge in [0.2, 0.25) is 5.91 Å². The Morgan fingerprint density at radius 1 is 1.27 bits per heavy atom. The van der Waals surface area contributed by atoms with Crippen molar-refractivity contribution in [1.82, 2.24) is 0 Å². The lowest BCUT2D eigenvalue weighted by Gasteiger charge is -2.30. The van der Waals surface area contributed by atoms with E-state index in [-0.39, 0.29) is 18.0 Å². The van der Waals surface area contributed by atoms with Crippen molar-refractivity contribution < 1.29 is 14.7 Å². The van der Waals surface area contributed by atoms with Crippen molar-refractivity contribution in [2.45, 2.75) is 6.54 Å². The van der Waals surface area contributed by atoms with Crippen LogP contribution in [-0.4, -0.2) is 23.5 Å². The smallest absolute Gasteiger partial charge is 0.335 e. The Morgan fingerprint density at radius 3 is 2.86 bits per heavy atom. The second kappa shape index (κ2) is 5.69. The van der Waals surface area contributed by atoms with Crippen molar-refractivity contribution in [2.75, 3.05) is 16.8 Å². The SMILES string of the molecule is O=C(O)c1cccc(CN2C(=O)CNc3cc(Cl)ccc32)c1. The van der Waals surface area contributed by atoms with Crippen LogP contribution in [0.25, 0.3) is 0 Å². The normalized spacial score (nSPS) is 13.5. The van der Waals surface area contributed by atoms with E-state index in [1.165, 1.54) is 6.07 Å². The fourth-order valence-electron chi connectivity index (χ4n) is 2.44.